The van der Waals surface area contributed by atoms with Crippen LogP contribution in [0.1, 0.15) is 16.7 Å². The third kappa shape index (κ3) is 3.65. The molecule has 5 rings (SSSR count). The molecule has 2 heterocycles. The van der Waals surface area contributed by atoms with E-state index >= 15 is 0 Å². The Balaban J connectivity index is 1.67. The molecule has 0 saturated heterocycles. The van der Waals surface area contributed by atoms with Crippen LogP contribution in [0.4, 0.5) is 0 Å². The van der Waals surface area contributed by atoms with Crippen molar-refractivity contribution < 1.29 is 9.62 Å². The summed E-state index contributed by atoms with van der Waals surface area (Å²) in [7, 11) is 0. The second kappa shape index (κ2) is 7.81. The Bertz CT molecular complexity index is 1560. The van der Waals surface area contributed by atoms with Gasteiger partial charge in [-0.15, -0.1) is 0 Å². The highest BCUT2D eigenvalue weighted by Gasteiger charge is 2.10. The van der Waals surface area contributed by atoms with E-state index in [0.29, 0.717) is 22.4 Å². The van der Waals surface area contributed by atoms with Gasteiger partial charge in [0.05, 0.1) is 0 Å². The first-order valence-corrected chi connectivity index (χ1v) is 9.90. The van der Waals surface area contributed by atoms with Crippen LogP contribution in [-0.2, 0) is 0 Å². The van der Waals surface area contributed by atoms with Crippen molar-refractivity contribution in [2.75, 3.05) is 0 Å². The minimum absolute atomic E-state index is 0.428. The number of aromatic nitrogens is 1. The van der Waals surface area contributed by atoms with Gasteiger partial charge >= 0.3 is 0 Å². The predicted molar refractivity (Wildman–Crippen MR) is 121 cm³/mol. The molecule has 0 fully saturated rings. The van der Waals surface area contributed by atoms with Crippen LogP contribution >= 0.6 is 0 Å². The van der Waals surface area contributed by atoms with Crippen molar-refractivity contribution in [1.82, 2.24) is 4.98 Å². The van der Waals surface area contributed by atoms with Gasteiger partial charge < -0.3 is 9.62 Å². The summed E-state index contributed by atoms with van der Waals surface area (Å²) < 4.78 is 6.19. The van der Waals surface area contributed by atoms with E-state index in [-0.39, 0.29) is 0 Å². The first-order valence-electron chi connectivity index (χ1n) is 9.90. The molecule has 31 heavy (non-hydrogen) atoms. The third-order valence-corrected chi connectivity index (χ3v) is 5.20. The molecule has 0 aliphatic heterocycles. The molecule has 3 aromatic carbocycles. The number of benzene rings is 3. The van der Waals surface area contributed by atoms with Crippen LogP contribution in [0.15, 0.2) is 94.6 Å². The molecule has 4 nitrogen and oxygen atoms in total. The van der Waals surface area contributed by atoms with Crippen molar-refractivity contribution >= 4 is 21.7 Å². The van der Waals surface area contributed by atoms with Gasteiger partial charge in [-0.2, -0.15) is 0 Å². The predicted octanol–water partition coefficient (Wildman–Crippen LogP) is 5.65. The number of fused-ring (bicyclic) bond motifs is 2. The van der Waals surface area contributed by atoms with Gasteiger partial charge in [-0.25, -0.2) is 0 Å². The van der Waals surface area contributed by atoms with Gasteiger partial charge in [-0.3, -0.25) is 4.98 Å². The second-order valence-electron chi connectivity index (χ2n) is 7.29. The Hall–Kier alpha value is -4.36. The fourth-order valence-corrected chi connectivity index (χ4v) is 3.55. The normalized spacial score (nSPS) is 11.5. The number of hydrogen-bond donors (Lipinski definition) is 1. The van der Waals surface area contributed by atoms with E-state index in [1.54, 1.807) is 6.07 Å². The fourth-order valence-electron chi connectivity index (χ4n) is 3.55. The van der Waals surface area contributed by atoms with Crippen LogP contribution in [0.5, 0.6) is 0 Å². The van der Waals surface area contributed by atoms with E-state index in [4.69, 9.17) is 4.42 Å². The van der Waals surface area contributed by atoms with Crippen LogP contribution in [0.3, 0.4) is 0 Å². The lowest BCUT2D eigenvalue weighted by Crippen LogP contribution is -2.04. The molecular weight excluding hydrogens is 384 g/mol. The number of nitrogens with zero attached hydrogens (tertiary/aromatic N) is 2. The van der Waals surface area contributed by atoms with Gasteiger partial charge in [0.15, 0.2) is 5.76 Å². The summed E-state index contributed by atoms with van der Waals surface area (Å²) in [5.74, 6) is 6.93. The number of hydrogen-bond acceptors (Lipinski definition) is 4. The molecule has 0 bridgehead atoms. The lowest BCUT2D eigenvalue weighted by atomic mass is 10.0. The molecule has 148 valence electrons. The summed E-state index contributed by atoms with van der Waals surface area (Å²) in [6.45, 7) is 1.98. The van der Waals surface area contributed by atoms with Gasteiger partial charge in [-0.05, 0) is 48.2 Å². The van der Waals surface area contributed by atoms with E-state index in [9.17, 15) is 5.21 Å². The zero-order chi connectivity index (χ0) is 21.2. The van der Waals surface area contributed by atoms with Gasteiger partial charge in [0.1, 0.15) is 16.6 Å². The Morgan fingerprint density at radius 2 is 1.65 bits per heavy atom. The molecule has 0 spiro atoms. The molecule has 4 heteroatoms. The quantitative estimate of drug-likeness (QED) is 0.224. The highest BCUT2D eigenvalue weighted by Crippen LogP contribution is 2.25. The summed E-state index contributed by atoms with van der Waals surface area (Å²) in [6, 6.07) is 25.3. The molecule has 0 atom stereocenters. The first-order chi connectivity index (χ1) is 15.2. The van der Waals surface area contributed by atoms with Gasteiger partial charge in [-0.1, -0.05) is 59.5 Å². The number of pyridine rings is 1. The monoisotopic (exact) mass is 402 g/mol. The number of rotatable bonds is 1. The van der Waals surface area contributed by atoms with Gasteiger partial charge in [0.2, 0.25) is 0 Å². The summed E-state index contributed by atoms with van der Waals surface area (Å²) in [5.41, 5.74) is 4.03. The van der Waals surface area contributed by atoms with Crippen LogP contribution in [0.2, 0.25) is 0 Å². The maximum atomic E-state index is 9.63. The summed E-state index contributed by atoms with van der Waals surface area (Å²) in [5, 5.41) is 16.4. The van der Waals surface area contributed by atoms with E-state index in [2.05, 4.69) is 22.0 Å². The van der Waals surface area contributed by atoms with Crippen LogP contribution in [0.25, 0.3) is 33.2 Å². The van der Waals surface area contributed by atoms with Crippen molar-refractivity contribution in [1.29, 1.82) is 0 Å². The van der Waals surface area contributed by atoms with Crippen molar-refractivity contribution in [3.05, 3.63) is 107 Å². The fraction of sp³-hybridized carbons (Fsp3) is 0.0370. The second-order valence-corrected chi connectivity index (χ2v) is 7.29. The molecule has 5 aromatic rings. The van der Waals surface area contributed by atoms with Crippen molar-refractivity contribution in [2.45, 2.75) is 6.92 Å². The zero-order valence-corrected chi connectivity index (χ0v) is 16.8. The smallest absolute Gasteiger partial charge is 0.155 e. The molecule has 0 aliphatic carbocycles. The zero-order valence-electron chi connectivity index (χ0n) is 16.8. The minimum Gasteiger partial charge on any atom is -0.454 e. The Kier molecular flexibility index (Phi) is 4.70. The Labute approximate surface area is 179 Å². The van der Waals surface area contributed by atoms with Crippen molar-refractivity contribution in [3.8, 4) is 23.3 Å². The van der Waals surface area contributed by atoms with E-state index in [1.165, 1.54) is 0 Å². The topological polar surface area (TPSA) is 58.6 Å². The molecule has 0 radical (unpaired) electrons. The molecule has 0 unspecified atom stereocenters. The minimum atomic E-state index is 0.428. The first kappa shape index (κ1) is 18.7. The SMILES string of the molecule is Cc1cc2c(=NO)cc(-c3cc4ccccc4cn3)oc2cc1C#Cc1ccccc1. The molecular formula is C27H18N2O2. The van der Waals surface area contributed by atoms with Crippen LogP contribution < -0.4 is 5.36 Å². The highest BCUT2D eigenvalue weighted by atomic mass is 16.4. The molecule has 0 amide bonds. The van der Waals surface area contributed by atoms with Crippen LogP contribution in [0, 0.1) is 18.8 Å². The van der Waals surface area contributed by atoms with E-state index in [1.807, 2.05) is 85.9 Å². The molecule has 0 aliphatic rings. The van der Waals surface area contributed by atoms with Gasteiger partial charge in [0.25, 0.3) is 0 Å². The number of aryl methyl sites for hydroxylation is 1. The average Bonchev–Trinajstić information content (AvgIpc) is 2.82. The van der Waals surface area contributed by atoms with Crippen molar-refractivity contribution in [2.24, 2.45) is 5.16 Å². The van der Waals surface area contributed by atoms with E-state index in [0.717, 1.165) is 32.8 Å². The maximum absolute atomic E-state index is 9.63. The summed E-state index contributed by atoms with van der Waals surface area (Å²) >= 11 is 0. The molecule has 2 aromatic heterocycles. The summed E-state index contributed by atoms with van der Waals surface area (Å²) in [6.07, 6.45) is 1.81. The Morgan fingerprint density at radius 1 is 0.871 bits per heavy atom. The molecule has 1 N–H and O–H groups in total. The van der Waals surface area contributed by atoms with Crippen molar-refractivity contribution in [3.63, 3.8) is 0 Å². The Morgan fingerprint density at radius 3 is 2.45 bits per heavy atom. The lowest BCUT2D eigenvalue weighted by Gasteiger charge is -2.07. The standard InChI is InChI=1S/C27H18N2O2/c1-18-13-23-24(29-30)16-27(25-14-21-9-5-6-10-22(21)17-28-25)31-26(23)15-20(18)12-11-19-7-3-2-4-8-19/h2-10,13-17,30H,1H3. The summed E-state index contributed by atoms with van der Waals surface area (Å²) in [4.78, 5) is 4.53. The molecule has 0 saturated carbocycles. The van der Waals surface area contributed by atoms with Crippen LogP contribution in [-0.4, -0.2) is 10.2 Å². The lowest BCUT2D eigenvalue weighted by molar-refractivity contribution is 0.302. The third-order valence-electron chi connectivity index (χ3n) is 5.20. The van der Waals surface area contributed by atoms with E-state index < -0.39 is 0 Å². The largest absolute Gasteiger partial charge is 0.454 e. The highest BCUT2D eigenvalue weighted by molar-refractivity contribution is 5.86. The average molecular weight is 402 g/mol. The maximum Gasteiger partial charge on any atom is 0.155 e. The van der Waals surface area contributed by atoms with Gasteiger partial charge in [0, 0.05) is 34.2 Å².